The Labute approximate surface area is 112 Å². The Balaban J connectivity index is 2.25. The molecule has 3 rings (SSSR count). The average molecular weight is 262 g/mol. The topological polar surface area (TPSA) is 66.8 Å². The third kappa shape index (κ3) is 1.40. The lowest BCUT2D eigenvalue weighted by Gasteiger charge is -2.38. The zero-order chi connectivity index (χ0) is 14.0. The summed E-state index contributed by atoms with van der Waals surface area (Å²) in [5.74, 6) is 0.872. The molecule has 1 aromatic rings. The van der Waals surface area contributed by atoms with Gasteiger partial charge in [-0.1, -0.05) is 13.8 Å². The molecule has 1 aliphatic carbocycles. The van der Waals surface area contributed by atoms with Crippen molar-refractivity contribution in [3.8, 4) is 11.5 Å². The van der Waals surface area contributed by atoms with Crippen LogP contribution in [-0.4, -0.2) is 22.3 Å². The van der Waals surface area contributed by atoms with Gasteiger partial charge >= 0.3 is 0 Å². The summed E-state index contributed by atoms with van der Waals surface area (Å²) >= 11 is 0. The van der Waals surface area contributed by atoms with E-state index in [-0.39, 0.29) is 18.0 Å². The number of aliphatic hydroxyl groups is 1. The Morgan fingerprint density at radius 3 is 2.58 bits per heavy atom. The van der Waals surface area contributed by atoms with Gasteiger partial charge in [-0.3, -0.25) is 4.79 Å². The lowest BCUT2D eigenvalue weighted by Crippen LogP contribution is -2.46. The normalized spacial score (nSPS) is 31.6. The van der Waals surface area contributed by atoms with Crippen LogP contribution in [0.2, 0.25) is 0 Å². The van der Waals surface area contributed by atoms with Crippen molar-refractivity contribution >= 4 is 5.78 Å². The number of Topliss-reactive ketones (excluding diaryl/α,β-unsaturated/α-hetero) is 1. The van der Waals surface area contributed by atoms with Crippen LogP contribution >= 0.6 is 0 Å². The van der Waals surface area contributed by atoms with Gasteiger partial charge in [0.2, 0.25) is 6.29 Å². The second-order valence-corrected chi connectivity index (χ2v) is 6.35. The van der Waals surface area contributed by atoms with E-state index in [1.165, 1.54) is 0 Å². The van der Waals surface area contributed by atoms with E-state index in [9.17, 15) is 15.0 Å². The molecular weight excluding hydrogens is 244 g/mol. The zero-order valence-electron chi connectivity index (χ0n) is 11.4. The fraction of sp³-hybridized carbons (Fsp3) is 0.533. The molecule has 0 bridgehead atoms. The van der Waals surface area contributed by atoms with Gasteiger partial charge in [-0.05, 0) is 30.0 Å². The van der Waals surface area contributed by atoms with E-state index >= 15 is 0 Å². The molecule has 1 fully saturated rings. The van der Waals surface area contributed by atoms with Crippen molar-refractivity contribution in [2.24, 2.45) is 5.41 Å². The van der Waals surface area contributed by atoms with Crippen LogP contribution in [0, 0.1) is 12.3 Å². The van der Waals surface area contributed by atoms with Crippen molar-refractivity contribution in [1.29, 1.82) is 0 Å². The summed E-state index contributed by atoms with van der Waals surface area (Å²) in [5, 5.41) is 20.3. The number of aliphatic hydroxyl groups excluding tert-OH is 1. The summed E-state index contributed by atoms with van der Waals surface area (Å²) in [7, 11) is 0. The molecule has 2 N–H and O–H groups in total. The van der Waals surface area contributed by atoms with E-state index in [2.05, 4.69) is 0 Å². The van der Waals surface area contributed by atoms with Crippen molar-refractivity contribution in [2.75, 3.05) is 0 Å². The highest BCUT2D eigenvalue weighted by molar-refractivity contribution is 5.85. The van der Waals surface area contributed by atoms with Gasteiger partial charge in [0.15, 0.2) is 0 Å². The van der Waals surface area contributed by atoms with Crippen molar-refractivity contribution < 1.29 is 19.7 Å². The minimum atomic E-state index is -1.04. The number of phenolic OH excluding ortho intramolecular Hbond substituents is 1. The van der Waals surface area contributed by atoms with Crippen LogP contribution in [-0.2, 0) is 10.2 Å². The third-order valence-electron chi connectivity index (χ3n) is 4.76. The summed E-state index contributed by atoms with van der Waals surface area (Å²) in [4.78, 5) is 11.9. The molecule has 2 aliphatic rings. The van der Waals surface area contributed by atoms with Crippen molar-refractivity contribution in [3.63, 3.8) is 0 Å². The first-order valence-electron chi connectivity index (χ1n) is 6.48. The predicted molar refractivity (Wildman–Crippen MR) is 69.2 cm³/mol. The number of benzene rings is 1. The summed E-state index contributed by atoms with van der Waals surface area (Å²) in [6, 6.07) is 3.36. The molecular formula is C15H18O4. The molecule has 0 amide bonds. The van der Waals surface area contributed by atoms with Crippen LogP contribution in [0.3, 0.4) is 0 Å². The number of hydrogen-bond acceptors (Lipinski definition) is 4. The van der Waals surface area contributed by atoms with Gasteiger partial charge < -0.3 is 14.9 Å². The molecule has 0 aromatic heterocycles. The molecule has 1 spiro atoms. The van der Waals surface area contributed by atoms with E-state index < -0.39 is 17.1 Å². The first-order valence-corrected chi connectivity index (χ1v) is 6.48. The molecule has 0 unspecified atom stereocenters. The van der Waals surface area contributed by atoms with E-state index in [0.29, 0.717) is 17.7 Å². The quantitative estimate of drug-likeness (QED) is 0.751. The second kappa shape index (κ2) is 3.51. The molecule has 102 valence electrons. The number of ether oxygens (including phenoxy) is 1. The number of phenols is 1. The van der Waals surface area contributed by atoms with Crippen LogP contribution in [0.25, 0.3) is 0 Å². The molecule has 4 heteroatoms. The van der Waals surface area contributed by atoms with Gasteiger partial charge in [0.05, 0.1) is 5.41 Å². The van der Waals surface area contributed by atoms with Gasteiger partial charge in [0.25, 0.3) is 0 Å². The van der Waals surface area contributed by atoms with Gasteiger partial charge in [0, 0.05) is 18.4 Å². The van der Waals surface area contributed by atoms with Crippen LogP contribution in [0.1, 0.15) is 37.8 Å². The van der Waals surface area contributed by atoms with Crippen molar-refractivity contribution in [3.05, 3.63) is 23.3 Å². The van der Waals surface area contributed by atoms with Crippen LogP contribution in [0.15, 0.2) is 12.1 Å². The maximum Gasteiger partial charge on any atom is 0.208 e. The molecule has 1 heterocycles. The van der Waals surface area contributed by atoms with Gasteiger partial charge in [-0.25, -0.2) is 0 Å². The Hall–Kier alpha value is -1.55. The Kier molecular flexibility index (Phi) is 2.31. The maximum atomic E-state index is 11.9. The zero-order valence-corrected chi connectivity index (χ0v) is 11.4. The highest BCUT2D eigenvalue weighted by atomic mass is 16.6. The molecule has 19 heavy (non-hydrogen) atoms. The molecule has 4 nitrogen and oxygen atoms in total. The molecule has 1 aliphatic heterocycles. The fourth-order valence-corrected chi connectivity index (χ4v) is 3.61. The maximum absolute atomic E-state index is 11.9. The average Bonchev–Trinajstić information content (AvgIpc) is 2.67. The smallest absolute Gasteiger partial charge is 0.208 e. The summed E-state index contributed by atoms with van der Waals surface area (Å²) in [6.07, 6.45) is -0.358. The number of aromatic hydroxyl groups is 1. The molecule has 1 saturated carbocycles. The lowest BCUT2D eigenvalue weighted by molar-refractivity contribution is -0.119. The molecule has 2 atom stereocenters. The third-order valence-corrected chi connectivity index (χ3v) is 4.76. The van der Waals surface area contributed by atoms with Crippen LogP contribution < -0.4 is 4.74 Å². The number of hydrogen-bond donors (Lipinski definition) is 2. The van der Waals surface area contributed by atoms with Gasteiger partial charge in [0.1, 0.15) is 17.3 Å². The minimum Gasteiger partial charge on any atom is -0.508 e. The lowest BCUT2D eigenvalue weighted by atomic mass is 9.64. The first kappa shape index (κ1) is 12.5. The number of fused-ring (bicyclic) bond motifs is 2. The van der Waals surface area contributed by atoms with E-state index in [0.717, 1.165) is 5.56 Å². The van der Waals surface area contributed by atoms with Crippen molar-refractivity contribution in [1.82, 2.24) is 0 Å². The number of carbonyl (C=O) groups excluding carboxylic acids is 1. The standard InChI is InChI=1S/C15H18O4/c1-8-4-12-10(5-11(8)17)15(13(18)19-12)7-9(16)6-14(15,2)3/h4-5,13,17-18H,6-7H2,1-3H3/t13-,15+/m0/s1. The number of aryl methyl sites for hydroxylation is 1. The summed E-state index contributed by atoms with van der Waals surface area (Å²) in [6.45, 7) is 5.72. The first-order chi connectivity index (χ1) is 8.78. The van der Waals surface area contributed by atoms with E-state index in [1.54, 1.807) is 19.1 Å². The molecule has 0 radical (unpaired) electrons. The summed E-state index contributed by atoms with van der Waals surface area (Å²) < 4.78 is 5.56. The number of carbonyl (C=O) groups is 1. The number of rotatable bonds is 0. The summed E-state index contributed by atoms with van der Waals surface area (Å²) in [5.41, 5.74) is 0.310. The van der Waals surface area contributed by atoms with E-state index in [1.807, 2.05) is 13.8 Å². The molecule has 0 saturated heterocycles. The predicted octanol–water partition coefficient (Wildman–Crippen LogP) is 2.04. The molecule has 1 aromatic carbocycles. The van der Waals surface area contributed by atoms with Crippen LogP contribution in [0.5, 0.6) is 11.5 Å². The van der Waals surface area contributed by atoms with Crippen molar-refractivity contribution in [2.45, 2.75) is 45.3 Å². The minimum absolute atomic E-state index is 0.126. The largest absolute Gasteiger partial charge is 0.508 e. The van der Waals surface area contributed by atoms with Gasteiger partial charge in [-0.2, -0.15) is 0 Å². The van der Waals surface area contributed by atoms with E-state index in [4.69, 9.17) is 4.74 Å². The monoisotopic (exact) mass is 262 g/mol. The Morgan fingerprint density at radius 2 is 2.00 bits per heavy atom. The highest BCUT2D eigenvalue weighted by Crippen LogP contribution is 2.60. The Bertz CT molecular complexity index is 576. The van der Waals surface area contributed by atoms with Crippen LogP contribution in [0.4, 0.5) is 0 Å². The van der Waals surface area contributed by atoms with Gasteiger partial charge in [-0.15, -0.1) is 0 Å². The second-order valence-electron chi connectivity index (χ2n) is 6.35. The highest BCUT2D eigenvalue weighted by Gasteiger charge is 2.62. The fourth-order valence-electron chi connectivity index (χ4n) is 3.61. The SMILES string of the molecule is Cc1cc2c(cc1O)[C@]1(CC(=O)CC1(C)C)[C@@H](O)O2. The Morgan fingerprint density at radius 1 is 1.32 bits per heavy atom. The number of ketones is 1.